The minimum atomic E-state index is -0.357. The zero-order valence-electron chi connectivity index (χ0n) is 7.40. The van der Waals surface area contributed by atoms with Crippen LogP contribution < -0.4 is 5.73 Å². The van der Waals surface area contributed by atoms with Crippen LogP contribution in [0.3, 0.4) is 0 Å². The van der Waals surface area contributed by atoms with Crippen LogP contribution in [0.2, 0.25) is 0 Å². The van der Waals surface area contributed by atoms with Gasteiger partial charge in [0.15, 0.2) is 0 Å². The van der Waals surface area contributed by atoms with Crippen LogP contribution in [0.5, 0.6) is 0 Å². The summed E-state index contributed by atoms with van der Waals surface area (Å²) in [5.74, 6) is 0. The Labute approximate surface area is 77.4 Å². The number of hydrogen-bond donors (Lipinski definition) is 2. The summed E-state index contributed by atoms with van der Waals surface area (Å²) in [6.45, 7) is 0. The van der Waals surface area contributed by atoms with Crippen LogP contribution in [-0.2, 0) is 5.41 Å². The average Bonchev–Trinajstić information content (AvgIpc) is 2.93. The molecule has 0 saturated heterocycles. The van der Waals surface area contributed by atoms with Gasteiger partial charge in [-0.1, -0.05) is 24.3 Å². The van der Waals surface area contributed by atoms with Crippen molar-refractivity contribution in [3.63, 3.8) is 0 Å². The fourth-order valence-electron chi connectivity index (χ4n) is 2.61. The number of nitrogens with two attached hydrogens (primary N) is 1. The van der Waals surface area contributed by atoms with Crippen LogP contribution in [0, 0.1) is 0 Å². The first-order valence-corrected chi connectivity index (χ1v) is 4.79. The van der Waals surface area contributed by atoms with Crippen molar-refractivity contribution in [2.24, 2.45) is 5.73 Å². The number of hydrogen-bond acceptors (Lipinski definition) is 2. The first-order valence-electron chi connectivity index (χ1n) is 4.79. The third-order valence-corrected chi connectivity index (χ3v) is 3.55. The van der Waals surface area contributed by atoms with Crippen LogP contribution in [0.15, 0.2) is 24.3 Å². The van der Waals surface area contributed by atoms with E-state index in [0.717, 1.165) is 18.4 Å². The maximum atomic E-state index is 9.98. The zero-order chi connectivity index (χ0) is 9.05. The van der Waals surface area contributed by atoms with Gasteiger partial charge in [-0.2, -0.15) is 0 Å². The third kappa shape index (κ3) is 0.754. The number of aliphatic hydroxyl groups is 1. The van der Waals surface area contributed by atoms with E-state index in [1.807, 2.05) is 18.2 Å². The maximum Gasteiger partial charge on any atom is 0.0829 e. The Hall–Kier alpha value is -0.860. The molecule has 2 aliphatic rings. The molecule has 1 saturated carbocycles. The van der Waals surface area contributed by atoms with Crippen molar-refractivity contribution in [3.05, 3.63) is 35.4 Å². The van der Waals surface area contributed by atoms with Gasteiger partial charge in [0.2, 0.25) is 0 Å². The van der Waals surface area contributed by atoms with Crippen LogP contribution in [-0.4, -0.2) is 11.2 Å². The smallest absolute Gasteiger partial charge is 0.0829 e. The van der Waals surface area contributed by atoms with Gasteiger partial charge in [-0.25, -0.2) is 0 Å². The fourth-order valence-corrected chi connectivity index (χ4v) is 2.61. The Kier molecular flexibility index (Phi) is 1.24. The van der Waals surface area contributed by atoms with E-state index in [1.54, 1.807) is 0 Å². The molecule has 1 spiro atoms. The second kappa shape index (κ2) is 2.14. The first-order chi connectivity index (χ1) is 6.26. The molecule has 2 aliphatic carbocycles. The molecule has 1 aromatic carbocycles. The molecule has 3 rings (SSSR count). The lowest BCUT2D eigenvalue weighted by Crippen LogP contribution is -2.28. The molecule has 0 heterocycles. The quantitative estimate of drug-likeness (QED) is 0.620. The maximum absolute atomic E-state index is 9.98. The van der Waals surface area contributed by atoms with Gasteiger partial charge in [-0.3, -0.25) is 0 Å². The predicted octanol–water partition coefficient (Wildman–Crippen LogP) is 1.09. The van der Waals surface area contributed by atoms with E-state index >= 15 is 0 Å². The molecule has 2 heteroatoms. The van der Waals surface area contributed by atoms with Gasteiger partial charge in [0.1, 0.15) is 0 Å². The van der Waals surface area contributed by atoms with Gasteiger partial charge < -0.3 is 10.8 Å². The normalized spacial score (nSPS) is 33.4. The molecule has 0 radical (unpaired) electrons. The molecule has 2 unspecified atom stereocenters. The van der Waals surface area contributed by atoms with Crippen molar-refractivity contribution in [1.82, 2.24) is 0 Å². The Morgan fingerprint density at radius 1 is 1.31 bits per heavy atom. The van der Waals surface area contributed by atoms with Gasteiger partial charge >= 0.3 is 0 Å². The van der Waals surface area contributed by atoms with E-state index < -0.39 is 0 Å². The molecule has 0 bridgehead atoms. The standard InChI is InChI=1S/C11H13NO/c12-9-7-3-1-2-4-8(7)11(5-6-11)10(9)13/h1-4,9-10,13H,5-6,12H2. The Balaban J connectivity index is 2.22. The largest absolute Gasteiger partial charge is 0.390 e. The summed E-state index contributed by atoms with van der Waals surface area (Å²) in [6.07, 6.45) is 1.84. The number of benzene rings is 1. The molecule has 0 amide bonds. The van der Waals surface area contributed by atoms with Gasteiger partial charge in [0.25, 0.3) is 0 Å². The second-order valence-corrected chi connectivity index (χ2v) is 4.21. The molecule has 13 heavy (non-hydrogen) atoms. The van der Waals surface area contributed by atoms with E-state index in [4.69, 9.17) is 5.73 Å². The molecule has 0 aliphatic heterocycles. The highest BCUT2D eigenvalue weighted by atomic mass is 16.3. The van der Waals surface area contributed by atoms with Crippen molar-refractivity contribution in [2.75, 3.05) is 0 Å². The summed E-state index contributed by atoms with van der Waals surface area (Å²) < 4.78 is 0. The third-order valence-electron chi connectivity index (χ3n) is 3.55. The molecule has 1 aromatic rings. The fraction of sp³-hybridized carbons (Fsp3) is 0.455. The van der Waals surface area contributed by atoms with E-state index in [-0.39, 0.29) is 17.6 Å². The first kappa shape index (κ1) is 7.54. The summed E-state index contributed by atoms with van der Waals surface area (Å²) in [5.41, 5.74) is 8.43. The summed E-state index contributed by atoms with van der Waals surface area (Å²) >= 11 is 0. The molecule has 68 valence electrons. The lowest BCUT2D eigenvalue weighted by molar-refractivity contribution is 0.120. The highest BCUT2D eigenvalue weighted by Gasteiger charge is 2.57. The summed E-state index contributed by atoms with van der Waals surface area (Å²) in [4.78, 5) is 0. The van der Waals surface area contributed by atoms with Crippen LogP contribution in [0.25, 0.3) is 0 Å². The minimum Gasteiger partial charge on any atom is -0.390 e. The van der Waals surface area contributed by atoms with Gasteiger partial charge in [0, 0.05) is 5.41 Å². The Morgan fingerprint density at radius 3 is 2.69 bits per heavy atom. The highest BCUT2D eigenvalue weighted by Crippen LogP contribution is 2.59. The second-order valence-electron chi connectivity index (χ2n) is 4.21. The lowest BCUT2D eigenvalue weighted by Gasteiger charge is -2.15. The monoisotopic (exact) mass is 175 g/mol. The summed E-state index contributed by atoms with van der Waals surface area (Å²) in [6, 6.07) is 8.00. The summed E-state index contributed by atoms with van der Waals surface area (Å²) in [7, 11) is 0. The average molecular weight is 175 g/mol. The van der Waals surface area contributed by atoms with E-state index in [9.17, 15) is 5.11 Å². The Morgan fingerprint density at radius 2 is 2.00 bits per heavy atom. The molecule has 2 atom stereocenters. The Bertz CT molecular complexity index is 357. The molecule has 1 fully saturated rings. The van der Waals surface area contributed by atoms with Gasteiger partial charge in [0.05, 0.1) is 12.1 Å². The lowest BCUT2D eigenvalue weighted by atomic mass is 9.97. The molecular formula is C11H13NO. The number of fused-ring (bicyclic) bond motifs is 2. The van der Waals surface area contributed by atoms with Crippen molar-refractivity contribution in [1.29, 1.82) is 0 Å². The minimum absolute atomic E-state index is 0.0377. The number of aliphatic hydroxyl groups excluding tert-OH is 1. The van der Waals surface area contributed by atoms with Crippen molar-refractivity contribution < 1.29 is 5.11 Å². The number of rotatable bonds is 0. The highest BCUT2D eigenvalue weighted by molar-refractivity contribution is 5.48. The van der Waals surface area contributed by atoms with Crippen LogP contribution in [0.1, 0.15) is 30.0 Å². The van der Waals surface area contributed by atoms with Gasteiger partial charge in [-0.05, 0) is 24.0 Å². The van der Waals surface area contributed by atoms with Crippen molar-refractivity contribution >= 4 is 0 Å². The molecular weight excluding hydrogens is 162 g/mol. The van der Waals surface area contributed by atoms with E-state index in [0.29, 0.717) is 0 Å². The molecule has 0 aromatic heterocycles. The van der Waals surface area contributed by atoms with E-state index in [2.05, 4.69) is 6.07 Å². The van der Waals surface area contributed by atoms with Crippen molar-refractivity contribution in [2.45, 2.75) is 30.4 Å². The molecule has 2 nitrogen and oxygen atoms in total. The van der Waals surface area contributed by atoms with Crippen LogP contribution >= 0.6 is 0 Å². The van der Waals surface area contributed by atoms with Crippen LogP contribution in [0.4, 0.5) is 0 Å². The van der Waals surface area contributed by atoms with Crippen molar-refractivity contribution in [3.8, 4) is 0 Å². The summed E-state index contributed by atoms with van der Waals surface area (Å²) in [5, 5.41) is 9.98. The topological polar surface area (TPSA) is 46.2 Å². The van der Waals surface area contributed by atoms with E-state index in [1.165, 1.54) is 5.56 Å². The predicted molar refractivity (Wildman–Crippen MR) is 50.3 cm³/mol. The van der Waals surface area contributed by atoms with Gasteiger partial charge in [-0.15, -0.1) is 0 Å². The zero-order valence-corrected chi connectivity index (χ0v) is 7.40. The molecule has 3 N–H and O–H groups in total. The SMILES string of the molecule is NC1c2ccccc2C2(CC2)C1O.